The third-order valence-electron chi connectivity index (χ3n) is 5.60. The number of rotatable bonds is 3. The Morgan fingerprint density at radius 2 is 2.22 bits per heavy atom. The third-order valence-corrected chi connectivity index (χ3v) is 5.60. The van der Waals surface area contributed by atoms with E-state index in [1.54, 1.807) is 24.4 Å². The second-order valence-electron chi connectivity index (χ2n) is 6.79. The molecule has 5 atom stereocenters. The van der Waals surface area contributed by atoms with Crippen LogP contribution in [-0.2, 0) is 0 Å². The molecule has 2 aromatic rings. The van der Waals surface area contributed by atoms with E-state index in [2.05, 4.69) is 22.5 Å². The van der Waals surface area contributed by atoms with Gasteiger partial charge in [0, 0.05) is 24.2 Å². The largest absolute Gasteiger partial charge is 0.508 e. The summed E-state index contributed by atoms with van der Waals surface area (Å²) in [7, 11) is 0. The van der Waals surface area contributed by atoms with Crippen molar-refractivity contribution >= 4 is 10.9 Å². The molecule has 120 valence electrons. The number of aromatic hydroxyl groups is 1. The third kappa shape index (κ3) is 2.42. The van der Waals surface area contributed by atoms with Gasteiger partial charge in [-0.15, -0.1) is 6.58 Å². The van der Waals surface area contributed by atoms with E-state index < -0.39 is 6.10 Å². The summed E-state index contributed by atoms with van der Waals surface area (Å²) >= 11 is 0. The standard InChI is InChI=1S/C19H22N2O2/c1-2-12-11-21-8-6-13(12)9-18(21)19(23)15-5-7-20-17-4-3-14(22)10-16(15)17/h2-5,7,10,12-13,18-19,22-23H,1,6,8-9,11H2/t12?,13-,18?,19+/m0/s1. The van der Waals surface area contributed by atoms with Crippen LogP contribution in [0.2, 0.25) is 0 Å². The van der Waals surface area contributed by atoms with E-state index in [0.717, 1.165) is 36.0 Å². The zero-order valence-corrected chi connectivity index (χ0v) is 13.1. The van der Waals surface area contributed by atoms with E-state index in [9.17, 15) is 10.2 Å². The number of aliphatic hydroxyl groups excluding tert-OH is 1. The number of hydrogen-bond donors (Lipinski definition) is 2. The summed E-state index contributed by atoms with van der Waals surface area (Å²) < 4.78 is 0. The van der Waals surface area contributed by atoms with Crippen LogP contribution in [0.15, 0.2) is 43.1 Å². The van der Waals surface area contributed by atoms with E-state index in [1.165, 1.54) is 6.42 Å². The van der Waals surface area contributed by atoms with Crippen molar-refractivity contribution in [2.24, 2.45) is 11.8 Å². The lowest BCUT2D eigenvalue weighted by Gasteiger charge is -2.50. The van der Waals surface area contributed by atoms with Gasteiger partial charge in [0.2, 0.25) is 0 Å². The summed E-state index contributed by atoms with van der Waals surface area (Å²) in [5.41, 5.74) is 1.66. The maximum absolute atomic E-state index is 11.0. The fourth-order valence-corrected chi connectivity index (χ4v) is 4.33. The van der Waals surface area contributed by atoms with Gasteiger partial charge in [-0.1, -0.05) is 6.08 Å². The van der Waals surface area contributed by atoms with Gasteiger partial charge in [0.25, 0.3) is 0 Å². The zero-order valence-electron chi connectivity index (χ0n) is 13.1. The number of aliphatic hydroxyl groups is 1. The minimum atomic E-state index is -0.559. The molecule has 23 heavy (non-hydrogen) atoms. The number of phenolic OH excluding ortho intramolecular Hbond substituents is 1. The lowest BCUT2D eigenvalue weighted by atomic mass is 9.73. The molecule has 0 spiro atoms. The molecule has 4 heterocycles. The molecule has 1 aromatic carbocycles. The highest BCUT2D eigenvalue weighted by Gasteiger charge is 2.42. The van der Waals surface area contributed by atoms with Crippen molar-refractivity contribution in [3.05, 3.63) is 48.7 Å². The SMILES string of the molecule is C=CC1CN2CC[C@H]1CC2[C@H](O)c1ccnc2ccc(O)cc12. The number of aromatic nitrogens is 1. The Labute approximate surface area is 136 Å². The number of fused-ring (bicyclic) bond motifs is 4. The summed E-state index contributed by atoms with van der Waals surface area (Å²) in [4.78, 5) is 6.73. The molecule has 3 unspecified atom stereocenters. The molecule has 0 radical (unpaired) electrons. The summed E-state index contributed by atoms with van der Waals surface area (Å²) in [6.45, 7) is 5.99. The maximum Gasteiger partial charge on any atom is 0.116 e. The predicted octanol–water partition coefficient (Wildman–Crippen LogP) is 2.87. The fraction of sp³-hybridized carbons (Fsp3) is 0.421. The summed E-state index contributed by atoms with van der Waals surface area (Å²) in [5.74, 6) is 1.38. The molecule has 2 N–H and O–H groups in total. The first kappa shape index (κ1) is 14.7. The molecule has 4 heteroatoms. The molecule has 5 rings (SSSR count). The Balaban J connectivity index is 1.69. The molecule has 3 aliphatic rings. The predicted molar refractivity (Wildman–Crippen MR) is 90.1 cm³/mol. The fourth-order valence-electron chi connectivity index (χ4n) is 4.33. The number of piperidine rings is 3. The van der Waals surface area contributed by atoms with Gasteiger partial charge >= 0.3 is 0 Å². The molecule has 0 saturated carbocycles. The second-order valence-corrected chi connectivity index (χ2v) is 6.79. The lowest BCUT2D eigenvalue weighted by molar-refractivity contribution is -0.0444. The van der Waals surface area contributed by atoms with Gasteiger partial charge in [-0.2, -0.15) is 0 Å². The van der Waals surface area contributed by atoms with Gasteiger partial charge in [-0.25, -0.2) is 0 Å². The quantitative estimate of drug-likeness (QED) is 0.856. The Morgan fingerprint density at radius 3 is 2.96 bits per heavy atom. The van der Waals surface area contributed by atoms with Gasteiger partial charge in [0.05, 0.1) is 11.6 Å². The summed E-state index contributed by atoms with van der Waals surface area (Å²) in [5, 5.41) is 21.7. The monoisotopic (exact) mass is 310 g/mol. The first-order chi connectivity index (χ1) is 11.2. The molecule has 3 fully saturated rings. The van der Waals surface area contributed by atoms with Crippen molar-refractivity contribution in [3.8, 4) is 5.75 Å². The smallest absolute Gasteiger partial charge is 0.116 e. The van der Waals surface area contributed by atoms with Crippen LogP contribution >= 0.6 is 0 Å². The second kappa shape index (κ2) is 5.62. The van der Waals surface area contributed by atoms with Crippen molar-refractivity contribution in [3.63, 3.8) is 0 Å². The number of pyridine rings is 1. The molecule has 0 amide bonds. The average Bonchev–Trinajstić information content (AvgIpc) is 2.60. The minimum Gasteiger partial charge on any atom is -0.508 e. The van der Waals surface area contributed by atoms with Crippen LogP contribution in [0.4, 0.5) is 0 Å². The Morgan fingerprint density at radius 1 is 1.35 bits per heavy atom. The van der Waals surface area contributed by atoms with E-state index in [1.807, 2.05) is 6.07 Å². The van der Waals surface area contributed by atoms with Crippen LogP contribution in [0.25, 0.3) is 10.9 Å². The number of phenols is 1. The van der Waals surface area contributed by atoms with Crippen molar-refractivity contribution in [1.29, 1.82) is 0 Å². The average molecular weight is 310 g/mol. The molecule has 4 nitrogen and oxygen atoms in total. The number of benzene rings is 1. The van der Waals surface area contributed by atoms with Gasteiger partial charge in [0.1, 0.15) is 5.75 Å². The van der Waals surface area contributed by atoms with E-state index in [-0.39, 0.29) is 11.8 Å². The molecule has 2 bridgehead atoms. The highest BCUT2D eigenvalue weighted by molar-refractivity contribution is 5.83. The van der Waals surface area contributed by atoms with Crippen molar-refractivity contribution in [2.45, 2.75) is 25.0 Å². The van der Waals surface area contributed by atoms with Gasteiger partial charge < -0.3 is 10.2 Å². The van der Waals surface area contributed by atoms with Crippen molar-refractivity contribution < 1.29 is 10.2 Å². The van der Waals surface area contributed by atoms with E-state index in [4.69, 9.17) is 0 Å². The van der Waals surface area contributed by atoms with Gasteiger partial charge in [0.15, 0.2) is 0 Å². The molecule has 1 aromatic heterocycles. The first-order valence-corrected chi connectivity index (χ1v) is 8.29. The lowest BCUT2D eigenvalue weighted by Crippen LogP contribution is -2.54. The number of nitrogens with zero attached hydrogens (tertiary/aromatic N) is 2. The summed E-state index contributed by atoms with van der Waals surface area (Å²) in [6, 6.07) is 7.14. The highest BCUT2D eigenvalue weighted by Crippen LogP contribution is 2.42. The van der Waals surface area contributed by atoms with Gasteiger partial charge in [-0.05, 0) is 61.1 Å². The molecule has 3 aliphatic heterocycles. The molecular weight excluding hydrogens is 288 g/mol. The molecular formula is C19H22N2O2. The number of hydrogen-bond acceptors (Lipinski definition) is 4. The van der Waals surface area contributed by atoms with E-state index >= 15 is 0 Å². The Hall–Kier alpha value is -1.91. The van der Waals surface area contributed by atoms with Crippen LogP contribution in [0.5, 0.6) is 5.75 Å². The zero-order chi connectivity index (χ0) is 16.0. The normalized spacial score (nSPS) is 31.2. The summed E-state index contributed by atoms with van der Waals surface area (Å²) in [6.07, 6.45) is 5.44. The van der Waals surface area contributed by atoms with Crippen LogP contribution in [-0.4, -0.2) is 39.2 Å². The topological polar surface area (TPSA) is 56.6 Å². The molecule has 3 saturated heterocycles. The highest BCUT2D eigenvalue weighted by atomic mass is 16.3. The Bertz CT molecular complexity index is 745. The van der Waals surface area contributed by atoms with Crippen molar-refractivity contribution in [1.82, 2.24) is 9.88 Å². The minimum absolute atomic E-state index is 0.137. The first-order valence-electron chi connectivity index (χ1n) is 8.29. The van der Waals surface area contributed by atoms with E-state index in [0.29, 0.717) is 11.8 Å². The van der Waals surface area contributed by atoms with Crippen LogP contribution in [0.3, 0.4) is 0 Å². The van der Waals surface area contributed by atoms with Gasteiger partial charge in [-0.3, -0.25) is 9.88 Å². The van der Waals surface area contributed by atoms with Crippen molar-refractivity contribution in [2.75, 3.05) is 13.1 Å². The Kier molecular flexibility index (Phi) is 3.58. The van der Waals surface area contributed by atoms with Crippen LogP contribution < -0.4 is 0 Å². The van der Waals surface area contributed by atoms with Crippen LogP contribution in [0.1, 0.15) is 24.5 Å². The van der Waals surface area contributed by atoms with Crippen LogP contribution in [0, 0.1) is 11.8 Å². The molecule has 0 aliphatic carbocycles. The maximum atomic E-state index is 11.0.